The molecular weight excluding hydrogens is 234 g/mol. The third-order valence-electron chi connectivity index (χ3n) is 3.33. The van der Waals surface area contributed by atoms with E-state index in [0.29, 0.717) is 10.7 Å². The van der Waals surface area contributed by atoms with Crippen LogP contribution in [-0.4, -0.2) is 28.2 Å². The van der Waals surface area contributed by atoms with Crippen LogP contribution >= 0.6 is 12.2 Å². The van der Waals surface area contributed by atoms with E-state index < -0.39 is 0 Å². The summed E-state index contributed by atoms with van der Waals surface area (Å²) in [4.78, 5) is 4.53. The zero-order valence-corrected chi connectivity index (χ0v) is 10.9. The van der Waals surface area contributed by atoms with E-state index in [1.54, 1.807) is 6.20 Å². The van der Waals surface area contributed by atoms with Gasteiger partial charge in [0.25, 0.3) is 0 Å². The Morgan fingerprint density at radius 2 is 2.41 bits per heavy atom. The summed E-state index contributed by atoms with van der Waals surface area (Å²) in [5.74, 6) is 0. The summed E-state index contributed by atoms with van der Waals surface area (Å²) < 4.78 is 5.58. The number of hydrogen-bond acceptors (Lipinski definition) is 4. The number of rotatable bonds is 3. The molecule has 2 unspecified atom stereocenters. The number of pyridine rings is 1. The van der Waals surface area contributed by atoms with Gasteiger partial charge in [-0.25, -0.2) is 0 Å². The second-order valence-corrected chi connectivity index (χ2v) is 5.04. The van der Waals surface area contributed by atoms with Gasteiger partial charge in [0.15, 0.2) is 0 Å². The third-order valence-corrected chi connectivity index (χ3v) is 3.54. The van der Waals surface area contributed by atoms with E-state index >= 15 is 0 Å². The Hall–Kier alpha value is -1.20. The summed E-state index contributed by atoms with van der Waals surface area (Å²) in [6.45, 7) is 5.03. The van der Waals surface area contributed by atoms with Crippen molar-refractivity contribution >= 4 is 22.9 Å². The maximum absolute atomic E-state index is 5.58. The maximum Gasteiger partial charge on any atom is 0.122 e. The molecule has 0 saturated carbocycles. The summed E-state index contributed by atoms with van der Waals surface area (Å²) >= 11 is 4.86. The first-order valence-corrected chi connectivity index (χ1v) is 6.08. The average molecular weight is 251 g/mol. The molecule has 0 aliphatic carbocycles. The molecule has 5 heteroatoms. The summed E-state index contributed by atoms with van der Waals surface area (Å²) in [5, 5.41) is 3.46. The van der Waals surface area contributed by atoms with Crippen LogP contribution in [0.25, 0.3) is 0 Å². The van der Waals surface area contributed by atoms with Crippen LogP contribution < -0.4 is 11.1 Å². The Bertz CT molecular complexity index is 420. The van der Waals surface area contributed by atoms with Gasteiger partial charge in [0.1, 0.15) is 4.99 Å². The molecule has 2 rings (SSSR count). The summed E-state index contributed by atoms with van der Waals surface area (Å²) in [6, 6.07) is 3.77. The topological polar surface area (TPSA) is 60.2 Å². The van der Waals surface area contributed by atoms with Gasteiger partial charge < -0.3 is 15.8 Å². The SMILES string of the molecule is CC1OCCC1(C)Nc1ccc(C(N)=S)nc1. The van der Waals surface area contributed by atoms with Crippen LogP contribution in [0.4, 0.5) is 5.69 Å². The Kier molecular flexibility index (Phi) is 3.31. The molecule has 0 radical (unpaired) electrons. The van der Waals surface area contributed by atoms with Crippen LogP contribution in [0.5, 0.6) is 0 Å². The molecule has 1 fully saturated rings. The van der Waals surface area contributed by atoms with Crippen molar-refractivity contribution in [2.24, 2.45) is 5.73 Å². The Balaban J connectivity index is 2.11. The zero-order chi connectivity index (χ0) is 12.5. The molecule has 3 N–H and O–H groups in total. The lowest BCUT2D eigenvalue weighted by molar-refractivity contribution is 0.105. The largest absolute Gasteiger partial charge is 0.388 e. The second kappa shape index (κ2) is 4.58. The number of hydrogen-bond donors (Lipinski definition) is 2. The van der Waals surface area contributed by atoms with Crippen molar-refractivity contribution < 1.29 is 4.74 Å². The van der Waals surface area contributed by atoms with Crippen LogP contribution in [0.3, 0.4) is 0 Å². The number of nitrogens with one attached hydrogen (secondary N) is 1. The average Bonchev–Trinajstić information content (AvgIpc) is 2.60. The predicted octanol–water partition coefficient (Wildman–Crippen LogP) is 1.70. The quantitative estimate of drug-likeness (QED) is 0.801. The number of aromatic nitrogens is 1. The number of nitrogens with two attached hydrogens (primary N) is 1. The van der Waals surface area contributed by atoms with Crippen LogP contribution in [0.2, 0.25) is 0 Å². The van der Waals surface area contributed by atoms with Crippen LogP contribution in [0.15, 0.2) is 18.3 Å². The van der Waals surface area contributed by atoms with E-state index in [4.69, 9.17) is 22.7 Å². The van der Waals surface area contributed by atoms with Gasteiger partial charge in [-0.15, -0.1) is 0 Å². The predicted molar refractivity (Wildman–Crippen MR) is 72.2 cm³/mol. The molecule has 1 aromatic rings. The van der Waals surface area contributed by atoms with Gasteiger partial charge in [-0.05, 0) is 32.4 Å². The van der Waals surface area contributed by atoms with Gasteiger partial charge in [-0.1, -0.05) is 12.2 Å². The van der Waals surface area contributed by atoms with Crippen molar-refractivity contribution in [3.05, 3.63) is 24.0 Å². The highest BCUT2D eigenvalue weighted by Crippen LogP contribution is 2.29. The molecule has 0 spiro atoms. The van der Waals surface area contributed by atoms with E-state index in [-0.39, 0.29) is 11.6 Å². The zero-order valence-electron chi connectivity index (χ0n) is 10.1. The van der Waals surface area contributed by atoms with Gasteiger partial charge >= 0.3 is 0 Å². The minimum atomic E-state index is -0.0353. The second-order valence-electron chi connectivity index (χ2n) is 4.60. The van der Waals surface area contributed by atoms with Crippen LogP contribution in [-0.2, 0) is 4.74 Å². The molecule has 1 saturated heterocycles. The fraction of sp³-hybridized carbons (Fsp3) is 0.500. The fourth-order valence-electron chi connectivity index (χ4n) is 1.94. The molecule has 2 atom stereocenters. The highest BCUT2D eigenvalue weighted by atomic mass is 32.1. The standard InChI is InChI=1S/C12H17N3OS/c1-8-12(2,5-6-16-8)15-9-3-4-10(11(13)17)14-7-9/h3-4,7-8,15H,5-6H2,1-2H3,(H2,13,17). The molecule has 1 aromatic heterocycles. The molecule has 0 aromatic carbocycles. The van der Waals surface area contributed by atoms with Crippen molar-refractivity contribution in [3.63, 3.8) is 0 Å². The first kappa shape index (κ1) is 12.3. The summed E-state index contributed by atoms with van der Waals surface area (Å²) in [5.41, 5.74) is 7.08. The number of anilines is 1. The summed E-state index contributed by atoms with van der Waals surface area (Å²) in [6.07, 6.45) is 2.94. The van der Waals surface area contributed by atoms with Crippen molar-refractivity contribution in [2.75, 3.05) is 11.9 Å². The number of nitrogens with zero attached hydrogens (tertiary/aromatic N) is 1. The lowest BCUT2D eigenvalue weighted by Gasteiger charge is -2.30. The minimum Gasteiger partial charge on any atom is -0.388 e. The van der Waals surface area contributed by atoms with E-state index in [0.717, 1.165) is 18.7 Å². The van der Waals surface area contributed by atoms with E-state index in [2.05, 4.69) is 24.1 Å². The van der Waals surface area contributed by atoms with Gasteiger partial charge in [0, 0.05) is 6.61 Å². The van der Waals surface area contributed by atoms with E-state index in [1.165, 1.54) is 0 Å². The van der Waals surface area contributed by atoms with Gasteiger partial charge in [-0.2, -0.15) is 0 Å². The first-order valence-electron chi connectivity index (χ1n) is 5.67. The van der Waals surface area contributed by atoms with Crippen molar-refractivity contribution in [1.29, 1.82) is 0 Å². The summed E-state index contributed by atoms with van der Waals surface area (Å²) in [7, 11) is 0. The van der Waals surface area contributed by atoms with E-state index in [1.807, 2.05) is 12.1 Å². The highest BCUT2D eigenvalue weighted by Gasteiger charge is 2.36. The Morgan fingerprint density at radius 1 is 1.65 bits per heavy atom. The van der Waals surface area contributed by atoms with Gasteiger partial charge in [0.05, 0.1) is 29.2 Å². The first-order chi connectivity index (χ1) is 8.01. The van der Waals surface area contributed by atoms with Crippen LogP contribution in [0.1, 0.15) is 26.0 Å². The lowest BCUT2D eigenvalue weighted by atomic mass is 9.94. The van der Waals surface area contributed by atoms with Crippen molar-refractivity contribution in [3.8, 4) is 0 Å². The maximum atomic E-state index is 5.58. The van der Waals surface area contributed by atoms with Crippen molar-refractivity contribution in [2.45, 2.75) is 31.9 Å². The monoisotopic (exact) mass is 251 g/mol. The molecule has 0 bridgehead atoms. The van der Waals surface area contributed by atoms with Crippen LogP contribution in [0, 0.1) is 0 Å². The smallest absolute Gasteiger partial charge is 0.122 e. The molecule has 1 aliphatic rings. The highest BCUT2D eigenvalue weighted by molar-refractivity contribution is 7.80. The Morgan fingerprint density at radius 3 is 2.88 bits per heavy atom. The van der Waals surface area contributed by atoms with Crippen molar-refractivity contribution in [1.82, 2.24) is 4.98 Å². The number of thiocarbonyl (C=S) groups is 1. The lowest BCUT2D eigenvalue weighted by Crippen LogP contribution is -2.41. The Labute approximate surface area is 107 Å². The molecule has 4 nitrogen and oxygen atoms in total. The molecule has 2 heterocycles. The normalized spacial score (nSPS) is 28.0. The molecular formula is C12H17N3OS. The minimum absolute atomic E-state index is 0.0353. The third kappa shape index (κ3) is 2.56. The molecule has 92 valence electrons. The van der Waals surface area contributed by atoms with E-state index in [9.17, 15) is 0 Å². The molecule has 1 aliphatic heterocycles. The van der Waals surface area contributed by atoms with Gasteiger partial charge in [-0.3, -0.25) is 4.98 Å². The van der Waals surface area contributed by atoms with Gasteiger partial charge in [0.2, 0.25) is 0 Å². The molecule has 17 heavy (non-hydrogen) atoms. The molecule has 0 amide bonds. The fourth-order valence-corrected chi connectivity index (χ4v) is 2.06. The number of ether oxygens (including phenoxy) is 1.